The average molecular weight is 373 g/mol. The minimum atomic E-state index is -1.40. The lowest BCUT2D eigenvalue weighted by molar-refractivity contribution is 0.147. The number of rotatable bonds is 19. The summed E-state index contributed by atoms with van der Waals surface area (Å²) in [6.07, 6.45) is 17.4. The number of unbranched alkanes of at least 4 members (excludes halogenated alkanes) is 4. The third-order valence-corrected chi connectivity index (χ3v) is 7.35. The smallest absolute Gasteiger partial charge is 0.321 e. The average Bonchev–Trinajstić information content (AvgIpc) is 2.64. The maximum absolute atomic E-state index is 6.16. The van der Waals surface area contributed by atoms with E-state index in [1.807, 2.05) is 0 Å². The van der Waals surface area contributed by atoms with E-state index in [1.165, 1.54) is 83.5 Å². The highest BCUT2D eigenvalue weighted by molar-refractivity contribution is 6.44. The first kappa shape index (κ1) is 25.1. The second-order valence-corrected chi connectivity index (χ2v) is 10.2. The zero-order valence-electron chi connectivity index (χ0n) is 18.2. The Morgan fingerprint density at radius 1 is 0.560 bits per heavy atom. The van der Waals surface area contributed by atoms with Gasteiger partial charge in [-0.1, -0.05) is 79.6 Å². The predicted molar refractivity (Wildman–Crippen MR) is 115 cm³/mol. The van der Waals surface area contributed by atoms with E-state index in [9.17, 15) is 0 Å². The minimum Gasteiger partial charge on any atom is -0.397 e. The molecule has 0 aromatic heterocycles. The molecular weight excluding hydrogens is 324 g/mol. The molecule has 3 heteroatoms. The van der Waals surface area contributed by atoms with E-state index in [0.29, 0.717) is 5.41 Å². The van der Waals surface area contributed by atoms with Crippen molar-refractivity contribution in [3.63, 3.8) is 0 Å². The van der Waals surface area contributed by atoms with Crippen molar-refractivity contribution < 1.29 is 8.85 Å². The fourth-order valence-corrected chi connectivity index (χ4v) is 5.14. The highest BCUT2D eigenvalue weighted by Gasteiger charge is 2.27. The highest BCUT2D eigenvalue weighted by Crippen LogP contribution is 2.40. The first-order chi connectivity index (χ1) is 12.2. The molecule has 0 saturated carbocycles. The molecule has 0 aromatic rings. The molecule has 0 radical (unpaired) electrons. The van der Waals surface area contributed by atoms with Crippen LogP contribution in [-0.4, -0.2) is 22.5 Å². The van der Waals surface area contributed by atoms with Crippen molar-refractivity contribution in [1.82, 2.24) is 0 Å². The van der Waals surface area contributed by atoms with E-state index in [0.717, 1.165) is 19.3 Å². The molecule has 0 amide bonds. The summed E-state index contributed by atoms with van der Waals surface area (Å²) in [7, 11) is -1.40. The summed E-state index contributed by atoms with van der Waals surface area (Å²) in [5.74, 6) is 0. The van der Waals surface area contributed by atoms with Crippen LogP contribution in [0.25, 0.3) is 0 Å². The minimum absolute atomic E-state index is 0.581. The van der Waals surface area contributed by atoms with Gasteiger partial charge in [0.15, 0.2) is 0 Å². The van der Waals surface area contributed by atoms with Crippen molar-refractivity contribution in [2.45, 2.75) is 124 Å². The molecule has 0 aliphatic rings. The van der Waals surface area contributed by atoms with E-state index < -0.39 is 9.28 Å². The lowest BCUT2D eigenvalue weighted by Crippen LogP contribution is -2.25. The van der Waals surface area contributed by atoms with Crippen LogP contribution >= 0.6 is 0 Å². The molecule has 0 saturated heterocycles. The zero-order chi connectivity index (χ0) is 18.8. The van der Waals surface area contributed by atoms with Gasteiger partial charge in [0.05, 0.1) is 0 Å². The van der Waals surface area contributed by atoms with Crippen LogP contribution < -0.4 is 0 Å². The summed E-state index contributed by atoms with van der Waals surface area (Å²) in [5.41, 5.74) is 0.581. The molecule has 2 nitrogen and oxygen atoms in total. The standard InChI is InChI=1S/C22H48O2Si/c1-6-11-16-22(17-12-7-2,18-13-8-3)19-15-21-24-25(10-5)23-20-14-9-4/h25H,6-21H2,1-5H3. The van der Waals surface area contributed by atoms with Crippen molar-refractivity contribution in [1.29, 1.82) is 0 Å². The molecule has 0 rings (SSSR count). The van der Waals surface area contributed by atoms with Crippen LogP contribution in [0, 0.1) is 5.41 Å². The molecule has 25 heavy (non-hydrogen) atoms. The third-order valence-electron chi connectivity index (χ3n) is 5.47. The second kappa shape index (κ2) is 17.5. The molecule has 1 atom stereocenters. The third kappa shape index (κ3) is 13.0. The van der Waals surface area contributed by atoms with Gasteiger partial charge in [0.25, 0.3) is 0 Å². The Labute approximate surface area is 161 Å². The van der Waals surface area contributed by atoms with Crippen molar-refractivity contribution in [2.75, 3.05) is 13.2 Å². The van der Waals surface area contributed by atoms with Crippen molar-refractivity contribution in [2.24, 2.45) is 5.41 Å². The molecule has 1 unspecified atom stereocenters. The van der Waals surface area contributed by atoms with Crippen LogP contribution in [-0.2, 0) is 8.85 Å². The molecular formula is C22H48O2Si. The van der Waals surface area contributed by atoms with Crippen LogP contribution in [0.2, 0.25) is 6.04 Å². The van der Waals surface area contributed by atoms with E-state index >= 15 is 0 Å². The summed E-state index contributed by atoms with van der Waals surface area (Å²) in [6, 6.07) is 1.09. The fourth-order valence-electron chi connectivity index (χ4n) is 3.71. The fraction of sp³-hybridized carbons (Fsp3) is 1.00. The van der Waals surface area contributed by atoms with Gasteiger partial charge >= 0.3 is 9.28 Å². The molecule has 0 bridgehead atoms. The molecule has 0 spiro atoms. The van der Waals surface area contributed by atoms with Gasteiger partial charge in [-0.3, -0.25) is 0 Å². The lowest BCUT2D eigenvalue weighted by atomic mass is 9.71. The van der Waals surface area contributed by atoms with E-state index in [1.54, 1.807) is 0 Å². The first-order valence-corrected chi connectivity index (χ1v) is 13.2. The maximum Gasteiger partial charge on any atom is 0.321 e. The SMILES string of the molecule is CCCCO[SiH](CC)OCCCC(CCCC)(CCCC)CCCC. The van der Waals surface area contributed by atoms with Crippen LogP contribution in [0.3, 0.4) is 0 Å². The summed E-state index contributed by atoms with van der Waals surface area (Å²) >= 11 is 0. The normalized spacial score (nSPS) is 13.3. The zero-order valence-corrected chi connectivity index (χ0v) is 19.4. The maximum atomic E-state index is 6.16. The van der Waals surface area contributed by atoms with Crippen LogP contribution in [0.15, 0.2) is 0 Å². The van der Waals surface area contributed by atoms with E-state index in [2.05, 4.69) is 34.6 Å². The van der Waals surface area contributed by atoms with Crippen molar-refractivity contribution >= 4 is 9.28 Å². The molecule has 0 N–H and O–H groups in total. The summed E-state index contributed by atoms with van der Waals surface area (Å²) in [4.78, 5) is 0. The van der Waals surface area contributed by atoms with E-state index in [4.69, 9.17) is 8.85 Å². The molecule has 0 aromatic carbocycles. The monoisotopic (exact) mass is 372 g/mol. The predicted octanol–water partition coefficient (Wildman–Crippen LogP) is 7.40. The van der Waals surface area contributed by atoms with Gasteiger partial charge in [0.1, 0.15) is 0 Å². The topological polar surface area (TPSA) is 18.5 Å². The second-order valence-electron chi connectivity index (χ2n) is 7.85. The van der Waals surface area contributed by atoms with Gasteiger partial charge in [-0.25, -0.2) is 0 Å². The Morgan fingerprint density at radius 2 is 0.960 bits per heavy atom. The molecule has 0 aliphatic heterocycles. The lowest BCUT2D eigenvalue weighted by Gasteiger charge is -2.35. The molecule has 0 heterocycles. The Bertz CT molecular complexity index is 249. The Balaban J connectivity index is 4.40. The van der Waals surface area contributed by atoms with Gasteiger partial charge in [-0.2, -0.15) is 0 Å². The Morgan fingerprint density at radius 3 is 1.36 bits per heavy atom. The van der Waals surface area contributed by atoms with Crippen LogP contribution in [0.5, 0.6) is 0 Å². The first-order valence-electron chi connectivity index (χ1n) is 11.4. The van der Waals surface area contributed by atoms with Crippen LogP contribution in [0.4, 0.5) is 0 Å². The van der Waals surface area contributed by atoms with Gasteiger partial charge in [0, 0.05) is 13.2 Å². The largest absolute Gasteiger partial charge is 0.397 e. The van der Waals surface area contributed by atoms with Gasteiger partial charge < -0.3 is 8.85 Å². The molecule has 0 fully saturated rings. The molecule has 152 valence electrons. The highest BCUT2D eigenvalue weighted by atomic mass is 28.3. The molecule has 0 aliphatic carbocycles. The van der Waals surface area contributed by atoms with Gasteiger partial charge in [-0.15, -0.1) is 0 Å². The number of hydrogen-bond acceptors (Lipinski definition) is 2. The van der Waals surface area contributed by atoms with Crippen molar-refractivity contribution in [3.8, 4) is 0 Å². The van der Waals surface area contributed by atoms with Gasteiger partial charge in [0.2, 0.25) is 0 Å². The Hall–Kier alpha value is 0.137. The quantitative estimate of drug-likeness (QED) is 0.174. The summed E-state index contributed by atoms with van der Waals surface area (Å²) in [5, 5.41) is 0. The van der Waals surface area contributed by atoms with E-state index in [-0.39, 0.29) is 0 Å². The summed E-state index contributed by atoms with van der Waals surface area (Å²) in [6.45, 7) is 13.2. The number of hydrogen-bond donors (Lipinski definition) is 0. The van der Waals surface area contributed by atoms with Crippen LogP contribution in [0.1, 0.15) is 118 Å². The van der Waals surface area contributed by atoms with Crippen molar-refractivity contribution in [3.05, 3.63) is 0 Å². The Kier molecular flexibility index (Phi) is 17.6. The summed E-state index contributed by atoms with van der Waals surface area (Å²) < 4.78 is 12.1. The van der Waals surface area contributed by atoms with Gasteiger partial charge in [-0.05, 0) is 50.0 Å².